The molecular formula is C15H21N5O2S. The zero-order valence-corrected chi connectivity index (χ0v) is 14.2. The van der Waals surface area contributed by atoms with E-state index in [1.54, 1.807) is 12.4 Å². The third-order valence-electron chi connectivity index (χ3n) is 3.97. The van der Waals surface area contributed by atoms with E-state index in [0.717, 1.165) is 31.2 Å². The maximum atomic E-state index is 12.0. The molecule has 1 amide bonds. The number of aryl methyl sites for hydroxylation is 1. The molecule has 0 bridgehead atoms. The van der Waals surface area contributed by atoms with Crippen LogP contribution in [-0.4, -0.2) is 58.4 Å². The van der Waals surface area contributed by atoms with Crippen LogP contribution in [-0.2, 0) is 11.3 Å². The number of thiazole rings is 1. The molecule has 1 fully saturated rings. The molecular weight excluding hydrogens is 314 g/mol. The first-order valence-electron chi connectivity index (χ1n) is 7.63. The quantitative estimate of drug-likeness (QED) is 0.864. The Kier molecular flexibility index (Phi) is 5.04. The molecule has 2 aromatic heterocycles. The zero-order chi connectivity index (χ0) is 16.2. The molecule has 3 rings (SSSR count). The van der Waals surface area contributed by atoms with Crippen molar-refractivity contribution in [1.82, 2.24) is 19.8 Å². The maximum absolute atomic E-state index is 12.0. The molecule has 7 nitrogen and oxygen atoms in total. The number of likely N-dealkylation sites (tertiary alicyclic amines) is 1. The Labute approximate surface area is 139 Å². The summed E-state index contributed by atoms with van der Waals surface area (Å²) in [5, 5.41) is 5.33. The first kappa shape index (κ1) is 16.1. The lowest BCUT2D eigenvalue weighted by molar-refractivity contribution is -0.117. The normalized spacial score (nSPS) is 18.7. The molecule has 1 atom stereocenters. The number of aromatic nitrogens is 2. The van der Waals surface area contributed by atoms with Crippen LogP contribution in [0.2, 0.25) is 0 Å². The summed E-state index contributed by atoms with van der Waals surface area (Å²) < 4.78 is 5.53. The Bertz CT molecular complexity index is 642. The molecule has 0 aliphatic carbocycles. The van der Waals surface area contributed by atoms with Gasteiger partial charge in [-0.15, -0.1) is 11.3 Å². The largest absolute Gasteiger partial charge is 0.445 e. The van der Waals surface area contributed by atoms with Crippen molar-refractivity contribution in [3.63, 3.8) is 0 Å². The Morgan fingerprint density at radius 3 is 3.13 bits per heavy atom. The molecule has 124 valence electrons. The highest BCUT2D eigenvalue weighted by atomic mass is 32.1. The summed E-state index contributed by atoms with van der Waals surface area (Å²) >= 11 is 1.43. The average molecular weight is 335 g/mol. The van der Waals surface area contributed by atoms with Gasteiger partial charge in [-0.1, -0.05) is 0 Å². The highest BCUT2D eigenvalue weighted by molar-refractivity contribution is 7.13. The monoisotopic (exact) mass is 335 g/mol. The predicted molar refractivity (Wildman–Crippen MR) is 88.3 cm³/mol. The van der Waals surface area contributed by atoms with E-state index in [-0.39, 0.29) is 5.91 Å². The van der Waals surface area contributed by atoms with Gasteiger partial charge in [0, 0.05) is 30.7 Å². The van der Waals surface area contributed by atoms with Crippen molar-refractivity contribution >= 4 is 22.4 Å². The Hall–Kier alpha value is -1.77. The van der Waals surface area contributed by atoms with Crippen LogP contribution in [0.15, 0.2) is 22.2 Å². The third-order valence-corrected chi connectivity index (χ3v) is 4.66. The number of nitrogens with zero attached hydrogens (tertiary/aromatic N) is 4. The second kappa shape index (κ2) is 7.20. The molecule has 1 aliphatic heterocycles. The number of rotatable bonds is 6. The fraction of sp³-hybridized carbons (Fsp3) is 0.533. The second-order valence-corrected chi connectivity index (χ2v) is 6.74. The van der Waals surface area contributed by atoms with E-state index >= 15 is 0 Å². The van der Waals surface area contributed by atoms with Crippen molar-refractivity contribution in [3.8, 4) is 0 Å². The number of likely N-dealkylation sites (N-methyl/N-ethyl adjacent to an activating group) is 1. The number of amides is 1. The van der Waals surface area contributed by atoms with Gasteiger partial charge in [-0.25, -0.2) is 9.97 Å². The van der Waals surface area contributed by atoms with Gasteiger partial charge in [-0.2, -0.15) is 0 Å². The molecule has 0 unspecified atom stereocenters. The molecule has 1 aliphatic rings. The number of anilines is 1. The first-order valence-corrected chi connectivity index (χ1v) is 8.51. The smallest absolute Gasteiger partial charge is 0.240 e. The molecule has 0 radical (unpaired) electrons. The van der Waals surface area contributed by atoms with E-state index in [0.29, 0.717) is 24.3 Å². The van der Waals surface area contributed by atoms with Crippen molar-refractivity contribution in [1.29, 1.82) is 0 Å². The van der Waals surface area contributed by atoms with Crippen LogP contribution >= 0.6 is 11.3 Å². The Morgan fingerprint density at radius 1 is 1.57 bits per heavy atom. The summed E-state index contributed by atoms with van der Waals surface area (Å²) in [6, 6.07) is 0.412. The molecule has 3 heterocycles. The van der Waals surface area contributed by atoms with Crippen LogP contribution in [0.1, 0.15) is 18.1 Å². The van der Waals surface area contributed by atoms with Crippen molar-refractivity contribution in [2.75, 3.05) is 32.0 Å². The van der Waals surface area contributed by atoms with Crippen molar-refractivity contribution in [2.45, 2.75) is 25.9 Å². The summed E-state index contributed by atoms with van der Waals surface area (Å²) in [5.41, 5.74) is 0. The number of hydrogen-bond acceptors (Lipinski definition) is 7. The van der Waals surface area contributed by atoms with Crippen LogP contribution in [0.4, 0.5) is 5.13 Å². The molecule has 1 saturated heterocycles. The molecule has 0 spiro atoms. The summed E-state index contributed by atoms with van der Waals surface area (Å²) in [7, 11) is 2.07. The van der Waals surface area contributed by atoms with E-state index in [4.69, 9.17) is 4.42 Å². The molecule has 8 heteroatoms. The van der Waals surface area contributed by atoms with Gasteiger partial charge in [0.15, 0.2) is 5.13 Å². The van der Waals surface area contributed by atoms with Crippen LogP contribution < -0.4 is 5.32 Å². The van der Waals surface area contributed by atoms with Crippen LogP contribution in [0.3, 0.4) is 0 Å². The first-order chi connectivity index (χ1) is 11.1. The summed E-state index contributed by atoms with van der Waals surface area (Å²) in [6.07, 6.45) is 4.47. The van der Waals surface area contributed by atoms with Crippen LogP contribution in [0, 0.1) is 6.92 Å². The minimum atomic E-state index is -0.00780. The van der Waals surface area contributed by atoms with Gasteiger partial charge in [-0.3, -0.25) is 14.6 Å². The topological polar surface area (TPSA) is 74.5 Å². The number of hydrogen-bond donors (Lipinski definition) is 1. The van der Waals surface area contributed by atoms with Gasteiger partial charge >= 0.3 is 0 Å². The van der Waals surface area contributed by atoms with Crippen molar-refractivity contribution in [3.05, 3.63) is 29.4 Å². The minimum absolute atomic E-state index is 0.00780. The van der Waals surface area contributed by atoms with Crippen LogP contribution in [0.25, 0.3) is 0 Å². The molecule has 0 saturated carbocycles. The summed E-state index contributed by atoms with van der Waals surface area (Å²) in [4.78, 5) is 24.7. The van der Waals surface area contributed by atoms with Crippen molar-refractivity contribution in [2.24, 2.45) is 0 Å². The molecule has 23 heavy (non-hydrogen) atoms. The van der Waals surface area contributed by atoms with Gasteiger partial charge in [0.2, 0.25) is 11.8 Å². The maximum Gasteiger partial charge on any atom is 0.240 e. The highest BCUT2D eigenvalue weighted by Crippen LogP contribution is 2.17. The number of carbonyl (C=O) groups excluding carboxylic acids is 1. The van der Waals surface area contributed by atoms with Gasteiger partial charge in [-0.05, 0) is 20.4 Å². The summed E-state index contributed by atoms with van der Waals surface area (Å²) in [5.74, 6) is 1.57. The fourth-order valence-corrected chi connectivity index (χ4v) is 3.32. The van der Waals surface area contributed by atoms with Gasteiger partial charge < -0.3 is 9.73 Å². The van der Waals surface area contributed by atoms with E-state index in [1.165, 1.54) is 11.3 Å². The lowest BCUT2D eigenvalue weighted by Crippen LogP contribution is -2.36. The lowest BCUT2D eigenvalue weighted by Gasteiger charge is -2.23. The highest BCUT2D eigenvalue weighted by Gasteiger charge is 2.27. The van der Waals surface area contributed by atoms with E-state index in [9.17, 15) is 4.79 Å². The molecule has 0 aromatic carbocycles. The van der Waals surface area contributed by atoms with Gasteiger partial charge in [0.25, 0.3) is 0 Å². The van der Waals surface area contributed by atoms with Crippen LogP contribution in [0.5, 0.6) is 0 Å². The van der Waals surface area contributed by atoms with E-state index in [1.807, 2.05) is 12.3 Å². The number of carbonyl (C=O) groups is 1. The Morgan fingerprint density at radius 2 is 2.43 bits per heavy atom. The number of oxazole rings is 1. The Balaban J connectivity index is 1.45. The minimum Gasteiger partial charge on any atom is -0.445 e. The average Bonchev–Trinajstić information content (AvgIpc) is 3.22. The van der Waals surface area contributed by atoms with E-state index in [2.05, 4.69) is 32.1 Å². The standard InChI is InChI=1S/C15H21N5O2S/c1-11-7-17-14(22-11)10-19(2)12-3-5-20(8-12)9-13(21)18-15-16-4-6-23-15/h4,6-7,12H,3,5,8-10H2,1-2H3,(H,16,18,21)/t12-/m1/s1. The lowest BCUT2D eigenvalue weighted by atomic mass is 10.2. The van der Waals surface area contributed by atoms with Gasteiger partial charge in [0.1, 0.15) is 5.76 Å². The SMILES string of the molecule is Cc1cnc(CN(C)[C@@H]2CCN(CC(=O)Nc3nccs3)C2)o1. The summed E-state index contributed by atoms with van der Waals surface area (Å²) in [6.45, 7) is 4.79. The zero-order valence-electron chi connectivity index (χ0n) is 13.4. The van der Waals surface area contributed by atoms with E-state index < -0.39 is 0 Å². The molecule has 1 N–H and O–H groups in total. The van der Waals surface area contributed by atoms with Gasteiger partial charge in [0.05, 0.1) is 19.3 Å². The third kappa shape index (κ3) is 4.37. The fourth-order valence-electron chi connectivity index (χ4n) is 2.78. The second-order valence-electron chi connectivity index (χ2n) is 5.84. The predicted octanol–water partition coefficient (Wildman–Crippen LogP) is 1.58. The van der Waals surface area contributed by atoms with Crippen molar-refractivity contribution < 1.29 is 9.21 Å². The molecule has 2 aromatic rings. The number of nitrogens with one attached hydrogen (secondary N) is 1.